The monoisotopic (exact) mass is 407 g/mol. The molecule has 3 fully saturated rings. The summed E-state index contributed by atoms with van der Waals surface area (Å²) in [5.74, 6) is 2.38. The van der Waals surface area contributed by atoms with Crippen LogP contribution in [0.3, 0.4) is 0 Å². The van der Waals surface area contributed by atoms with Gasteiger partial charge in [0.2, 0.25) is 5.91 Å². The third kappa shape index (κ3) is 2.77. The Hall–Kier alpha value is -1.61. The fourth-order valence-electron chi connectivity index (χ4n) is 8.21. The van der Waals surface area contributed by atoms with Crippen LogP contribution in [0.15, 0.2) is 36.4 Å². The van der Waals surface area contributed by atoms with Gasteiger partial charge in [-0.15, -0.1) is 0 Å². The van der Waals surface area contributed by atoms with Gasteiger partial charge in [0.25, 0.3) is 0 Å². The van der Waals surface area contributed by atoms with E-state index < -0.39 is 0 Å². The van der Waals surface area contributed by atoms with Crippen LogP contribution < -0.4 is 0 Å². The Labute approximate surface area is 181 Å². The molecule has 0 radical (unpaired) electrons. The molecule has 1 aromatic rings. The maximum atomic E-state index is 12.3. The first-order chi connectivity index (χ1) is 14.3. The second-order valence-corrected chi connectivity index (χ2v) is 11.2. The number of amides is 1. The molecule has 1 aliphatic heterocycles. The van der Waals surface area contributed by atoms with E-state index in [-0.39, 0.29) is 22.8 Å². The molecule has 1 aromatic carbocycles. The SMILES string of the molecule is Cc1ccccc1C[C@@H]1C[C@H]2[C@@H]3CC[C@H]4N(C)C(=O)C=C[C@]4(C)[C@H]3CC[C@]2(C)[C@H]1O. The van der Waals surface area contributed by atoms with E-state index in [9.17, 15) is 9.90 Å². The van der Waals surface area contributed by atoms with Gasteiger partial charge in [-0.3, -0.25) is 4.79 Å². The first kappa shape index (κ1) is 20.3. The first-order valence-electron chi connectivity index (χ1n) is 11.9. The second-order valence-electron chi connectivity index (χ2n) is 11.2. The van der Waals surface area contributed by atoms with Crippen LogP contribution >= 0.6 is 0 Å². The minimum Gasteiger partial charge on any atom is -0.392 e. The molecule has 0 saturated heterocycles. The predicted octanol–water partition coefficient (Wildman–Crippen LogP) is 4.76. The molecule has 162 valence electrons. The highest BCUT2D eigenvalue weighted by Gasteiger charge is 2.62. The van der Waals surface area contributed by atoms with E-state index in [0.717, 1.165) is 25.7 Å². The lowest BCUT2D eigenvalue weighted by molar-refractivity contribution is -0.140. The van der Waals surface area contributed by atoms with Gasteiger partial charge in [-0.05, 0) is 91.7 Å². The number of hydrogen-bond donors (Lipinski definition) is 1. The molecule has 8 atom stereocenters. The van der Waals surface area contributed by atoms with Crippen LogP contribution in [-0.2, 0) is 11.2 Å². The molecule has 0 aromatic heterocycles. The van der Waals surface area contributed by atoms with E-state index in [2.05, 4.69) is 51.1 Å². The Balaban J connectivity index is 1.43. The largest absolute Gasteiger partial charge is 0.392 e. The zero-order valence-corrected chi connectivity index (χ0v) is 19.0. The second kappa shape index (κ2) is 6.95. The number of carbonyl (C=O) groups is 1. The summed E-state index contributed by atoms with van der Waals surface area (Å²) in [4.78, 5) is 14.3. The number of fused-ring (bicyclic) bond motifs is 5. The standard InChI is InChI=1S/C27H37NO2/c1-17-7-5-6-8-18(17)15-19-16-22-20-9-10-23-26(2,14-12-24(29)28(23)4)21(20)11-13-27(22,3)25(19)30/h5-8,12,14,19-23,25,30H,9-11,13,15-16H2,1-4H3/t19-,20-,21+,22+,23-,25+,26-,27+/m1/s1. The van der Waals surface area contributed by atoms with Gasteiger partial charge in [-0.1, -0.05) is 44.2 Å². The number of nitrogens with zero attached hydrogens (tertiary/aromatic N) is 1. The number of hydrogen-bond acceptors (Lipinski definition) is 2. The third-order valence-electron chi connectivity index (χ3n) is 9.99. The highest BCUT2D eigenvalue weighted by Crippen LogP contribution is 2.65. The van der Waals surface area contributed by atoms with Crippen molar-refractivity contribution in [1.29, 1.82) is 0 Å². The Bertz CT molecular complexity index is 877. The molecule has 1 amide bonds. The molecule has 30 heavy (non-hydrogen) atoms. The number of aliphatic hydroxyl groups is 1. The Morgan fingerprint density at radius 1 is 1.13 bits per heavy atom. The topological polar surface area (TPSA) is 40.5 Å². The van der Waals surface area contributed by atoms with Crippen LogP contribution in [0.4, 0.5) is 0 Å². The van der Waals surface area contributed by atoms with Crippen molar-refractivity contribution in [1.82, 2.24) is 4.90 Å². The van der Waals surface area contributed by atoms with E-state index in [4.69, 9.17) is 0 Å². The summed E-state index contributed by atoms with van der Waals surface area (Å²) in [5, 5.41) is 11.5. The van der Waals surface area contributed by atoms with Crippen LogP contribution in [0.5, 0.6) is 0 Å². The number of carbonyl (C=O) groups excluding carboxylic acids is 1. The van der Waals surface area contributed by atoms with Crippen LogP contribution in [0, 0.1) is 41.4 Å². The molecular weight excluding hydrogens is 370 g/mol. The van der Waals surface area contributed by atoms with Crippen molar-refractivity contribution in [2.24, 2.45) is 34.5 Å². The Kier molecular flexibility index (Phi) is 4.70. The summed E-state index contributed by atoms with van der Waals surface area (Å²) < 4.78 is 0. The molecule has 5 rings (SSSR count). The van der Waals surface area contributed by atoms with Gasteiger partial charge in [-0.25, -0.2) is 0 Å². The predicted molar refractivity (Wildman–Crippen MR) is 120 cm³/mol. The zero-order chi connectivity index (χ0) is 21.3. The lowest BCUT2D eigenvalue weighted by Crippen LogP contribution is -2.59. The minimum absolute atomic E-state index is 0.0395. The number of aliphatic hydroxyl groups excluding tert-OH is 1. The van der Waals surface area contributed by atoms with E-state index in [1.807, 2.05) is 18.0 Å². The maximum absolute atomic E-state index is 12.3. The van der Waals surface area contributed by atoms with Crippen LogP contribution in [-0.4, -0.2) is 35.1 Å². The molecule has 0 spiro atoms. The Morgan fingerprint density at radius 2 is 1.90 bits per heavy atom. The zero-order valence-electron chi connectivity index (χ0n) is 19.0. The average molecular weight is 408 g/mol. The quantitative estimate of drug-likeness (QED) is 0.768. The Morgan fingerprint density at radius 3 is 2.67 bits per heavy atom. The smallest absolute Gasteiger partial charge is 0.246 e. The summed E-state index contributed by atoms with van der Waals surface area (Å²) in [7, 11) is 1.99. The number of rotatable bonds is 2. The van der Waals surface area contributed by atoms with Gasteiger partial charge >= 0.3 is 0 Å². The van der Waals surface area contributed by atoms with Gasteiger partial charge in [0, 0.05) is 18.5 Å². The highest BCUT2D eigenvalue weighted by molar-refractivity contribution is 5.89. The molecule has 3 aliphatic carbocycles. The van der Waals surface area contributed by atoms with Crippen molar-refractivity contribution in [3.8, 4) is 0 Å². The van der Waals surface area contributed by atoms with Gasteiger partial charge in [0.1, 0.15) is 0 Å². The van der Waals surface area contributed by atoms with Crippen molar-refractivity contribution in [3.63, 3.8) is 0 Å². The van der Waals surface area contributed by atoms with E-state index >= 15 is 0 Å². The van der Waals surface area contributed by atoms with E-state index in [0.29, 0.717) is 29.7 Å². The molecule has 3 saturated carbocycles. The van der Waals surface area contributed by atoms with Crippen LogP contribution in [0.25, 0.3) is 0 Å². The lowest BCUT2D eigenvalue weighted by atomic mass is 9.48. The lowest BCUT2D eigenvalue weighted by Gasteiger charge is -2.60. The van der Waals surface area contributed by atoms with Gasteiger partial charge in [0.15, 0.2) is 0 Å². The van der Waals surface area contributed by atoms with Crippen molar-refractivity contribution in [2.75, 3.05) is 7.05 Å². The fraction of sp³-hybridized carbons (Fsp3) is 0.667. The normalized spacial score (nSPS) is 45.1. The molecule has 1 heterocycles. The van der Waals surface area contributed by atoms with E-state index in [1.165, 1.54) is 24.0 Å². The molecule has 3 heteroatoms. The average Bonchev–Trinajstić information content (AvgIpc) is 2.98. The number of aryl methyl sites for hydroxylation is 1. The summed E-state index contributed by atoms with van der Waals surface area (Å²) in [5.41, 5.74) is 2.85. The van der Waals surface area contributed by atoms with E-state index in [1.54, 1.807) is 0 Å². The van der Waals surface area contributed by atoms with Gasteiger partial charge in [-0.2, -0.15) is 0 Å². The first-order valence-corrected chi connectivity index (χ1v) is 11.9. The minimum atomic E-state index is -0.209. The molecule has 1 N–H and O–H groups in total. The summed E-state index contributed by atoms with van der Waals surface area (Å²) in [6.07, 6.45) is 10.6. The molecular formula is C27H37NO2. The molecule has 4 aliphatic rings. The number of likely N-dealkylation sites (N-methyl/N-ethyl adjacent to an activating group) is 1. The van der Waals surface area contributed by atoms with Crippen LogP contribution in [0.2, 0.25) is 0 Å². The summed E-state index contributed by atoms with van der Waals surface area (Å²) in [6.45, 7) is 6.96. The molecule has 3 nitrogen and oxygen atoms in total. The van der Waals surface area contributed by atoms with Crippen molar-refractivity contribution < 1.29 is 9.90 Å². The molecule has 0 unspecified atom stereocenters. The number of benzene rings is 1. The van der Waals surface area contributed by atoms with Crippen molar-refractivity contribution >= 4 is 5.91 Å². The van der Waals surface area contributed by atoms with Gasteiger partial charge < -0.3 is 10.0 Å². The third-order valence-corrected chi connectivity index (χ3v) is 9.99. The van der Waals surface area contributed by atoms with Crippen LogP contribution in [0.1, 0.15) is 57.1 Å². The fourth-order valence-corrected chi connectivity index (χ4v) is 8.21. The van der Waals surface area contributed by atoms with Crippen molar-refractivity contribution in [3.05, 3.63) is 47.5 Å². The van der Waals surface area contributed by atoms with Crippen molar-refractivity contribution in [2.45, 2.75) is 71.4 Å². The summed E-state index contributed by atoms with van der Waals surface area (Å²) in [6, 6.07) is 8.99. The maximum Gasteiger partial charge on any atom is 0.246 e. The van der Waals surface area contributed by atoms with Gasteiger partial charge in [0.05, 0.1) is 6.10 Å². The highest BCUT2D eigenvalue weighted by atomic mass is 16.3. The summed E-state index contributed by atoms with van der Waals surface area (Å²) >= 11 is 0. The molecule has 0 bridgehead atoms.